The monoisotopic (exact) mass is 309 g/mol. The maximum atomic E-state index is 11.4. The second kappa shape index (κ2) is 7.02. The number of amides is 1. The van der Waals surface area contributed by atoms with Gasteiger partial charge in [0.1, 0.15) is 6.07 Å². The van der Waals surface area contributed by atoms with Crippen molar-refractivity contribution in [2.24, 2.45) is 0 Å². The molecule has 0 unspecified atom stereocenters. The highest BCUT2D eigenvalue weighted by atomic mass is 79.9. The molecule has 0 saturated carbocycles. The molecule has 0 atom stereocenters. The van der Waals surface area contributed by atoms with Crippen LogP contribution in [0.15, 0.2) is 22.7 Å². The molecule has 0 radical (unpaired) electrons. The smallest absolute Gasteiger partial charge is 0.221 e. The molecule has 1 rings (SSSR count). The van der Waals surface area contributed by atoms with Crippen LogP contribution in [0, 0.1) is 11.3 Å². The van der Waals surface area contributed by atoms with E-state index in [4.69, 9.17) is 5.26 Å². The average Bonchev–Trinajstić information content (AvgIpc) is 2.30. The minimum Gasteiger partial charge on any atom is -0.383 e. The minimum atomic E-state index is 0.00752. The summed E-state index contributed by atoms with van der Waals surface area (Å²) in [6.45, 7) is 4.36. The molecule has 0 aliphatic carbocycles. The molecule has 0 bridgehead atoms. The fraction of sp³-hybridized carbons (Fsp3) is 0.385. The Morgan fingerprint density at radius 2 is 2.22 bits per heavy atom. The average molecular weight is 310 g/mol. The SMILES string of the molecule is CC(C)NC(=O)CCNc1ccc(Br)cc1C#N. The molecule has 0 aliphatic rings. The number of hydrogen-bond donors (Lipinski definition) is 2. The quantitative estimate of drug-likeness (QED) is 0.879. The third-order valence-electron chi connectivity index (χ3n) is 2.22. The van der Waals surface area contributed by atoms with E-state index < -0.39 is 0 Å². The zero-order valence-corrected chi connectivity index (χ0v) is 12.0. The van der Waals surface area contributed by atoms with Crippen LogP contribution in [0.1, 0.15) is 25.8 Å². The first-order valence-corrected chi connectivity index (χ1v) is 6.55. The Morgan fingerprint density at radius 1 is 1.50 bits per heavy atom. The van der Waals surface area contributed by atoms with Crippen LogP contribution < -0.4 is 10.6 Å². The molecule has 0 spiro atoms. The topological polar surface area (TPSA) is 64.9 Å². The van der Waals surface area contributed by atoms with E-state index >= 15 is 0 Å². The van der Waals surface area contributed by atoms with Crippen molar-refractivity contribution in [3.8, 4) is 6.07 Å². The Balaban J connectivity index is 2.50. The van der Waals surface area contributed by atoms with Gasteiger partial charge in [0.25, 0.3) is 0 Å². The molecule has 4 nitrogen and oxygen atoms in total. The molecule has 0 aliphatic heterocycles. The van der Waals surface area contributed by atoms with E-state index in [0.717, 1.165) is 10.2 Å². The lowest BCUT2D eigenvalue weighted by Gasteiger charge is -2.10. The van der Waals surface area contributed by atoms with E-state index in [2.05, 4.69) is 32.6 Å². The molecule has 0 fully saturated rings. The number of benzene rings is 1. The lowest BCUT2D eigenvalue weighted by Crippen LogP contribution is -2.31. The molecule has 1 aromatic rings. The third-order valence-corrected chi connectivity index (χ3v) is 2.71. The molecule has 0 aromatic heterocycles. The van der Waals surface area contributed by atoms with Gasteiger partial charge in [-0.15, -0.1) is 0 Å². The van der Waals surface area contributed by atoms with E-state index in [1.54, 1.807) is 6.07 Å². The number of nitriles is 1. The number of nitrogens with one attached hydrogen (secondary N) is 2. The largest absolute Gasteiger partial charge is 0.383 e. The lowest BCUT2D eigenvalue weighted by atomic mass is 10.2. The first kappa shape index (κ1) is 14.5. The van der Waals surface area contributed by atoms with Gasteiger partial charge >= 0.3 is 0 Å². The highest BCUT2D eigenvalue weighted by molar-refractivity contribution is 9.10. The Kier molecular flexibility index (Phi) is 5.66. The van der Waals surface area contributed by atoms with Crippen molar-refractivity contribution in [3.63, 3.8) is 0 Å². The second-order valence-electron chi connectivity index (χ2n) is 4.20. The predicted molar refractivity (Wildman–Crippen MR) is 75.2 cm³/mol. The standard InChI is InChI=1S/C13H16BrN3O/c1-9(2)17-13(18)5-6-16-12-4-3-11(14)7-10(12)8-15/h3-4,7,9,16H,5-6H2,1-2H3,(H,17,18). The van der Waals surface area contributed by atoms with E-state index in [1.165, 1.54) is 0 Å². The molecule has 5 heteroatoms. The van der Waals surface area contributed by atoms with Crippen molar-refractivity contribution in [1.82, 2.24) is 5.32 Å². The number of anilines is 1. The maximum absolute atomic E-state index is 11.4. The van der Waals surface area contributed by atoms with Crippen LogP contribution in [0.5, 0.6) is 0 Å². The Bertz CT molecular complexity index is 466. The minimum absolute atomic E-state index is 0.00752. The van der Waals surface area contributed by atoms with Gasteiger partial charge in [-0.25, -0.2) is 0 Å². The zero-order chi connectivity index (χ0) is 13.5. The van der Waals surface area contributed by atoms with Crippen molar-refractivity contribution in [2.75, 3.05) is 11.9 Å². The van der Waals surface area contributed by atoms with Crippen LogP contribution in [-0.2, 0) is 4.79 Å². The summed E-state index contributed by atoms with van der Waals surface area (Å²) < 4.78 is 0.863. The van der Waals surface area contributed by atoms with Gasteiger partial charge < -0.3 is 10.6 Å². The van der Waals surface area contributed by atoms with Gasteiger partial charge in [0.05, 0.1) is 11.3 Å². The van der Waals surface area contributed by atoms with Gasteiger partial charge in [-0.1, -0.05) is 15.9 Å². The summed E-state index contributed by atoms with van der Waals surface area (Å²) in [5.41, 5.74) is 1.31. The lowest BCUT2D eigenvalue weighted by molar-refractivity contribution is -0.121. The number of hydrogen-bond acceptors (Lipinski definition) is 3. The van der Waals surface area contributed by atoms with Crippen LogP contribution in [0.2, 0.25) is 0 Å². The molecule has 1 amide bonds. The van der Waals surface area contributed by atoms with Gasteiger partial charge in [0.2, 0.25) is 5.91 Å². The van der Waals surface area contributed by atoms with E-state index in [1.807, 2.05) is 26.0 Å². The van der Waals surface area contributed by atoms with Crippen LogP contribution in [-0.4, -0.2) is 18.5 Å². The Labute approximate surface area is 116 Å². The number of nitrogens with zero attached hydrogens (tertiary/aromatic N) is 1. The van der Waals surface area contributed by atoms with E-state index in [9.17, 15) is 4.79 Å². The van der Waals surface area contributed by atoms with Crippen LogP contribution in [0.4, 0.5) is 5.69 Å². The van der Waals surface area contributed by atoms with Crippen molar-refractivity contribution in [2.45, 2.75) is 26.3 Å². The molecule has 1 aromatic carbocycles. The van der Waals surface area contributed by atoms with Crippen LogP contribution in [0.25, 0.3) is 0 Å². The van der Waals surface area contributed by atoms with Crippen LogP contribution in [0.3, 0.4) is 0 Å². The summed E-state index contributed by atoms with van der Waals surface area (Å²) in [6.07, 6.45) is 0.388. The summed E-state index contributed by atoms with van der Waals surface area (Å²) in [5, 5.41) is 14.9. The van der Waals surface area contributed by atoms with E-state index in [-0.39, 0.29) is 11.9 Å². The van der Waals surface area contributed by atoms with Gasteiger partial charge in [0.15, 0.2) is 0 Å². The number of carbonyl (C=O) groups is 1. The fourth-order valence-electron chi connectivity index (χ4n) is 1.47. The van der Waals surface area contributed by atoms with Crippen LogP contribution >= 0.6 is 15.9 Å². The molecule has 0 saturated heterocycles. The van der Waals surface area contributed by atoms with E-state index in [0.29, 0.717) is 18.5 Å². The summed E-state index contributed by atoms with van der Waals surface area (Å²) in [5.74, 6) is 0.00752. The number of rotatable bonds is 5. The molecular formula is C13H16BrN3O. The van der Waals surface area contributed by atoms with Crippen molar-refractivity contribution in [1.29, 1.82) is 5.26 Å². The Hall–Kier alpha value is -1.54. The van der Waals surface area contributed by atoms with Gasteiger partial charge in [-0.2, -0.15) is 5.26 Å². The summed E-state index contributed by atoms with van der Waals surface area (Å²) in [6, 6.07) is 7.69. The van der Waals surface area contributed by atoms with Crippen molar-refractivity contribution >= 4 is 27.5 Å². The van der Waals surface area contributed by atoms with Crippen molar-refractivity contribution < 1.29 is 4.79 Å². The van der Waals surface area contributed by atoms with Gasteiger partial charge in [-0.3, -0.25) is 4.79 Å². The van der Waals surface area contributed by atoms with Gasteiger partial charge in [0, 0.05) is 23.5 Å². The normalized spacial score (nSPS) is 9.94. The highest BCUT2D eigenvalue weighted by Gasteiger charge is 2.05. The summed E-state index contributed by atoms with van der Waals surface area (Å²) in [4.78, 5) is 11.4. The first-order valence-electron chi connectivity index (χ1n) is 5.76. The fourth-order valence-corrected chi connectivity index (χ4v) is 1.83. The molecular weight excluding hydrogens is 294 g/mol. The first-order chi connectivity index (χ1) is 8.52. The van der Waals surface area contributed by atoms with Crippen molar-refractivity contribution in [3.05, 3.63) is 28.2 Å². The molecule has 2 N–H and O–H groups in total. The third kappa shape index (κ3) is 4.76. The number of halogens is 1. The Morgan fingerprint density at radius 3 is 2.83 bits per heavy atom. The predicted octanol–water partition coefficient (Wildman–Crippen LogP) is 2.65. The highest BCUT2D eigenvalue weighted by Crippen LogP contribution is 2.20. The number of carbonyl (C=O) groups excluding carboxylic acids is 1. The summed E-state index contributed by atoms with van der Waals surface area (Å²) >= 11 is 3.31. The molecule has 18 heavy (non-hydrogen) atoms. The maximum Gasteiger partial charge on any atom is 0.221 e. The zero-order valence-electron chi connectivity index (χ0n) is 10.5. The second-order valence-corrected chi connectivity index (χ2v) is 5.12. The summed E-state index contributed by atoms with van der Waals surface area (Å²) in [7, 11) is 0. The molecule has 96 valence electrons. The molecule has 0 heterocycles. The van der Waals surface area contributed by atoms with Gasteiger partial charge in [-0.05, 0) is 32.0 Å².